The predicted molar refractivity (Wildman–Crippen MR) is 113 cm³/mol. The third-order valence-electron chi connectivity index (χ3n) is 4.74. The minimum atomic E-state index is -3.63. The second-order valence-electron chi connectivity index (χ2n) is 7.21. The van der Waals surface area contributed by atoms with Gasteiger partial charge in [-0.05, 0) is 29.5 Å². The summed E-state index contributed by atoms with van der Waals surface area (Å²) in [5, 5.41) is 4.51. The quantitative estimate of drug-likeness (QED) is 0.683. The lowest BCUT2D eigenvalue weighted by atomic mass is 10.1. The number of amides is 1. The number of sulfonamides is 1. The molecule has 2 heterocycles. The minimum Gasteiger partial charge on any atom is -0.376 e. The molecule has 1 aliphatic heterocycles. The second kappa shape index (κ2) is 9.82. The van der Waals surface area contributed by atoms with Gasteiger partial charge in [0.15, 0.2) is 0 Å². The lowest BCUT2D eigenvalue weighted by Crippen LogP contribution is -2.40. The third kappa shape index (κ3) is 6.10. The van der Waals surface area contributed by atoms with Gasteiger partial charge in [0, 0.05) is 33.2 Å². The molecule has 158 valence electrons. The predicted octanol–water partition coefficient (Wildman–Crippen LogP) is 1.91. The summed E-state index contributed by atoms with van der Waals surface area (Å²) in [5.74, 6) is -0.333. The van der Waals surface area contributed by atoms with Crippen LogP contribution in [-0.2, 0) is 32.6 Å². The molecule has 1 N–H and O–H groups in total. The lowest BCUT2D eigenvalue weighted by Gasteiger charge is -2.31. The van der Waals surface area contributed by atoms with Gasteiger partial charge in [0.1, 0.15) is 4.21 Å². The van der Waals surface area contributed by atoms with Crippen LogP contribution in [0.1, 0.15) is 18.1 Å². The van der Waals surface area contributed by atoms with E-state index in [1.165, 1.54) is 18.7 Å². The van der Waals surface area contributed by atoms with Crippen molar-refractivity contribution >= 4 is 27.3 Å². The van der Waals surface area contributed by atoms with Gasteiger partial charge in [-0.2, -0.15) is 4.31 Å². The smallest absolute Gasteiger partial charge is 0.252 e. The van der Waals surface area contributed by atoms with Crippen LogP contribution < -0.4 is 5.32 Å². The van der Waals surface area contributed by atoms with E-state index in [2.05, 4.69) is 29.3 Å². The Labute approximate surface area is 176 Å². The van der Waals surface area contributed by atoms with E-state index in [1.807, 2.05) is 12.1 Å². The van der Waals surface area contributed by atoms with E-state index in [0.29, 0.717) is 6.54 Å². The second-order valence-corrected chi connectivity index (χ2v) is 10.4. The van der Waals surface area contributed by atoms with Gasteiger partial charge in [0.2, 0.25) is 5.91 Å². The molecule has 1 aromatic carbocycles. The van der Waals surface area contributed by atoms with Crippen molar-refractivity contribution in [1.29, 1.82) is 0 Å². The normalized spacial score (nSPS) is 18.1. The molecule has 1 atom stereocenters. The summed E-state index contributed by atoms with van der Waals surface area (Å²) in [6.07, 6.45) is 0.244. The van der Waals surface area contributed by atoms with Crippen LogP contribution in [0.25, 0.3) is 0 Å². The number of likely N-dealkylation sites (N-methyl/N-ethyl adjacent to an activating group) is 1. The molecule has 0 aliphatic carbocycles. The van der Waals surface area contributed by atoms with Crippen LogP contribution in [-0.4, -0.2) is 62.9 Å². The maximum atomic E-state index is 12.4. The molecule has 1 unspecified atom stereocenters. The highest BCUT2D eigenvalue weighted by Gasteiger charge is 2.23. The van der Waals surface area contributed by atoms with Gasteiger partial charge in [-0.15, -0.1) is 11.3 Å². The average Bonchev–Trinajstić information content (AvgIpc) is 3.22. The Morgan fingerprint density at radius 3 is 2.83 bits per heavy atom. The maximum Gasteiger partial charge on any atom is 0.252 e. The summed E-state index contributed by atoms with van der Waals surface area (Å²) in [6, 6.07) is 11.3. The molecule has 0 bridgehead atoms. The number of nitrogens with zero attached hydrogens (tertiary/aromatic N) is 2. The van der Waals surface area contributed by atoms with Gasteiger partial charge in [-0.25, -0.2) is 8.42 Å². The number of hydrogen-bond donors (Lipinski definition) is 1. The monoisotopic (exact) mass is 437 g/mol. The number of ether oxygens (including phenoxy) is 1. The topological polar surface area (TPSA) is 79.0 Å². The van der Waals surface area contributed by atoms with Crippen molar-refractivity contribution < 1.29 is 17.9 Å². The molecule has 0 spiro atoms. The summed E-state index contributed by atoms with van der Waals surface area (Å²) in [6.45, 7) is 5.64. The zero-order chi connectivity index (χ0) is 20.9. The first-order valence-corrected chi connectivity index (χ1v) is 11.8. The van der Waals surface area contributed by atoms with Crippen molar-refractivity contribution in [3.8, 4) is 0 Å². The van der Waals surface area contributed by atoms with Crippen LogP contribution in [0.4, 0.5) is 0 Å². The largest absolute Gasteiger partial charge is 0.376 e. The molecule has 1 aliphatic rings. The fraction of sp³-hybridized carbons (Fsp3) is 0.450. The van der Waals surface area contributed by atoms with Crippen molar-refractivity contribution in [2.75, 3.05) is 33.3 Å². The number of benzene rings is 1. The van der Waals surface area contributed by atoms with Gasteiger partial charge < -0.3 is 10.1 Å². The molecule has 3 rings (SSSR count). The van der Waals surface area contributed by atoms with Crippen LogP contribution >= 0.6 is 11.3 Å². The van der Waals surface area contributed by atoms with E-state index in [0.717, 1.165) is 47.4 Å². The first-order chi connectivity index (χ1) is 13.8. The summed E-state index contributed by atoms with van der Waals surface area (Å²) >= 11 is 1.14. The van der Waals surface area contributed by atoms with Gasteiger partial charge >= 0.3 is 0 Å². The number of thiophene rings is 1. The van der Waals surface area contributed by atoms with Crippen LogP contribution in [0.5, 0.6) is 0 Å². The van der Waals surface area contributed by atoms with Crippen LogP contribution in [0.15, 0.2) is 46.0 Å². The SMILES string of the molecule is CC1CN(Cc2cccc(CNC(=O)CN(C)S(=O)(=O)c3cccs3)c2)CCO1. The summed E-state index contributed by atoms with van der Waals surface area (Å²) in [4.78, 5) is 14.6. The van der Waals surface area contributed by atoms with Crippen LogP contribution in [0.3, 0.4) is 0 Å². The Bertz CT molecular complexity index is 916. The molecular formula is C20H27N3O4S2. The number of rotatable bonds is 8. The molecule has 1 amide bonds. The molecular weight excluding hydrogens is 410 g/mol. The zero-order valence-electron chi connectivity index (χ0n) is 16.7. The highest BCUT2D eigenvalue weighted by molar-refractivity contribution is 7.91. The van der Waals surface area contributed by atoms with Crippen molar-refractivity contribution in [1.82, 2.24) is 14.5 Å². The Kier molecular flexibility index (Phi) is 7.42. The van der Waals surface area contributed by atoms with Gasteiger partial charge in [-0.1, -0.05) is 30.3 Å². The van der Waals surface area contributed by atoms with Crippen molar-refractivity contribution in [3.05, 3.63) is 52.9 Å². The Morgan fingerprint density at radius 2 is 2.10 bits per heavy atom. The Morgan fingerprint density at radius 1 is 1.31 bits per heavy atom. The Hall–Kier alpha value is -1.78. The molecule has 7 nitrogen and oxygen atoms in total. The van der Waals surface area contributed by atoms with Gasteiger partial charge in [0.25, 0.3) is 10.0 Å². The van der Waals surface area contributed by atoms with Crippen LogP contribution in [0, 0.1) is 0 Å². The van der Waals surface area contributed by atoms with Gasteiger partial charge in [-0.3, -0.25) is 9.69 Å². The first-order valence-electron chi connectivity index (χ1n) is 9.53. The summed E-state index contributed by atoms with van der Waals surface area (Å²) in [7, 11) is -2.21. The zero-order valence-corrected chi connectivity index (χ0v) is 18.3. The van der Waals surface area contributed by atoms with Crippen molar-refractivity contribution in [2.24, 2.45) is 0 Å². The number of nitrogens with one attached hydrogen (secondary N) is 1. The third-order valence-corrected chi connectivity index (χ3v) is 7.91. The summed E-state index contributed by atoms with van der Waals surface area (Å²) < 4.78 is 31.7. The van der Waals surface area contributed by atoms with E-state index in [1.54, 1.807) is 11.4 Å². The molecule has 0 saturated carbocycles. The molecule has 9 heteroatoms. The fourth-order valence-electron chi connectivity index (χ4n) is 3.24. The molecule has 2 aromatic rings. The fourth-order valence-corrected chi connectivity index (χ4v) is 5.57. The first kappa shape index (κ1) is 21.9. The Balaban J connectivity index is 1.51. The highest BCUT2D eigenvalue weighted by atomic mass is 32.2. The molecule has 0 radical (unpaired) electrons. The standard InChI is InChI=1S/C20H27N3O4S2/c1-16-13-23(8-9-27-16)14-18-6-3-5-17(11-18)12-21-19(24)15-22(2)29(25,26)20-7-4-10-28-20/h3-7,10-11,16H,8-9,12-15H2,1-2H3,(H,21,24). The number of carbonyl (C=O) groups is 1. The lowest BCUT2D eigenvalue weighted by molar-refractivity contribution is -0.121. The van der Waals surface area contributed by atoms with Crippen molar-refractivity contribution in [3.63, 3.8) is 0 Å². The van der Waals surface area contributed by atoms with E-state index in [4.69, 9.17) is 4.74 Å². The van der Waals surface area contributed by atoms with E-state index < -0.39 is 10.0 Å². The maximum absolute atomic E-state index is 12.4. The van der Waals surface area contributed by atoms with E-state index in [-0.39, 0.29) is 22.8 Å². The van der Waals surface area contributed by atoms with E-state index >= 15 is 0 Å². The average molecular weight is 438 g/mol. The number of carbonyl (C=O) groups excluding carboxylic acids is 1. The molecule has 1 aromatic heterocycles. The van der Waals surface area contributed by atoms with E-state index in [9.17, 15) is 13.2 Å². The number of morpholine rings is 1. The molecule has 1 saturated heterocycles. The highest BCUT2D eigenvalue weighted by Crippen LogP contribution is 2.19. The molecule has 1 fully saturated rings. The van der Waals surface area contributed by atoms with Crippen LogP contribution in [0.2, 0.25) is 0 Å². The van der Waals surface area contributed by atoms with Gasteiger partial charge in [0.05, 0.1) is 19.3 Å². The minimum absolute atomic E-state index is 0.217. The summed E-state index contributed by atoms with van der Waals surface area (Å²) in [5.41, 5.74) is 2.17. The number of hydrogen-bond acceptors (Lipinski definition) is 6. The van der Waals surface area contributed by atoms with Crippen molar-refractivity contribution in [2.45, 2.75) is 30.3 Å². The molecule has 29 heavy (non-hydrogen) atoms.